The summed E-state index contributed by atoms with van der Waals surface area (Å²) in [6, 6.07) is 0.641. The summed E-state index contributed by atoms with van der Waals surface area (Å²) in [7, 11) is 2.21. The zero-order valence-corrected chi connectivity index (χ0v) is 11.1. The summed E-state index contributed by atoms with van der Waals surface area (Å²) in [4.78, 5) is 2.42. The maximum absolute atomic E-state index is 5.41. The van der Waals surface area contributed by atoms with Gasteiger partial charge in [-0.25, -0.2) is 0 Å². The number of allylic oxidation sites excluding steroid dienone is 3. The van der Waals surface area contributed by atoms with E-state index in [0.717, 1.165) is 32.5 Å². The summed E-state index contributed by atoms with van der Waals surface area (Å²) >= 11 is 0. The highest BCUT2D eigenvalue weighted by molar-refractivity contribution is 5.21. The fourth-order valence-electron chi connectivity index (χ4n) is 2.09. The van der Waals surface area contributed by atoms with Gasteiger partial charge in [-0.2, -0.15) is 0 Å². The van der Waals surface area contributed by atoms with Crippen molar-refractivity contribution in [1.29, 1.82) is 0 Å². The molecule has 0 aliphatic carbocycles. The first-order valence-corrected chi connectivity index (χ1v) is 6.30. The average Bonchev–Trinajstić information content (AvgIpc) is 2.28. The van der Waals surface area contributed by atoms with Crippen LogP contribution in [0, 0.1) is 0 Å². The van der Waals surface area contributed by atoms with Crippen LogP contribution in [0.4, 0.5) is 0 Å². The Bertz CT molecular complexity index is 258. The lowest BCUT2D eigenvalue weighted by molar-refractivity contribution is 0.0535. The van der Waals surface area contributed by atoms with Crippen molar-refractivity contribution in [2.24, 2.45) is 0 Å². The van der Waals surface area contributed by atoms with Crippen LogP contribution in [-0.4, -0.2) is 31.2 Å². The topological polar surface area (TPSA) is 12.5 Å². The van der Waals surface area contributed by atoms with Crippen molar-refractivity contribution in [3.63, 3.8) is 0 Å². The summed E-state index contributed by atoms with van der Waals surface area (Å²) in [6.07, 6.45) is 7.97. The van der Waals surface area contributed by atoms with Crippen LogP contribution in [0.1, 0.15) is 40.0 Å². The van der Waals surface area contributed by atoms with Crippen molar-refractivity contribution >= 4 is 0 Å². The summed E-state index contributed by atoms with van der Waals surface area (Å²) < 4.78 is 5.41. The standard InChI is InChI=1S/C14H25NO/c1-5-6-14(11-12(2)3)15(4)13-7-9-16-10-8-13/h6,11,13H,5,7-10H2,1-4H3/b14-6+. The first-order valence-electron chi connectivity index (χ1n) is 6.30. The van der Waals surface area contributed by atoms with E-state index in [-0.39, 0.29) is 0 Å². The molecule has 0 N–H and O–H groups in total. The van der Waals surface area contributed by atoms with Gasteiger partial charge in [0.15, 0.2) is 0 Å². The number of hydrogen-bond acceptors (Lipinski definition) is 2. The molecular formula is C14H25NO. The van der Waals surface area contributed by atoms with Crippen LogP contribution in [0.5, 0.6) is 0 Å². The number of rotatable bonds is 4. The van der Waals surface area contributed by atoms with Gasteiger partial charge in [-0.1, -0.05) is 18.6 Å². The second-order valence-electron chi connectivity index (χ2n) is 4.71. The lowest BCUT2D eigenvalue weighted by atomic mass is 10.1. The van der Waals surface area contributed by atoms with E-state index in [1.165, 1.54) is 11.3 Å². The molecule has 0 aromatic heterocycles. The quantitative estimate of drug-likeness (QED) is 0.678. The first kappa shape index (κ1) is 13.3. The van der Waals surface area contributed by atoms with Gasteiger partial charge in [0, 0.05) is 32.0 Å². The third kappa shape index (κ3) is 4.01. The van der Waals surface area contributed by atoms with E-state index in [4.69, 9.17) is 4.74 Å². The summed E-state index contributed by atoms with van der Waals surface area (Å²) in [5.74, 6) is 0. The Morgan fingerprint density at radius 2 is 1.94 bits per heavy atom. The number of ether oxygens (including phenoxy) is 1. The highest BCUT2D eigenvalue weighted by Crippen LogP contribution is 2.19. The molecule has 0 atom stereocenters. The average molecular weight is 223 g/mol. The number of nitrogens with zero attached hydrogens (tertiary/aromatic N) is 1. The Morgan fingerprint density at radius 3 is 2.44 bits per heavy atom. The molecule has 1 fully saturated rings. The SMILES string of the molecule is CC/C=C(\C=C(C)C)N(C)C1CCOCC1. The molecule has 0 aromatic rings. The Kier molecular flexibility index (Phi) is 5.61. The Labute approximate surface area is 100.0 Å². The molecule has 2 nitrogen and oxygen atoms in total. The zero-order valence-electron chi connectivity index (χ0n) is 11.1. The highest BCUT2D eigenvalue weighted by atomic mass is 16.5. The second-order valence-corrected chi connectivity index (χ2v) is 4.71. The molecule has 1 saturated heterocycles. The van der Waals surface area contributed by atoms with Crippen LogP contribution in [0.25, 0.3) is 0 Å². The fourth-order valence-corrected chi connectivity index (χ4v) is 2.09. The van der Waals surface area contributed by atoms with Crippen LogP contribution in [0.3, 0.4) is 0 Å². The Hall–Kier alpha value is -0.760. The van der Waals surface area contributed by atoms with Gasteiger partial charge < -0.3 is 9.64 Å². The van der Waals surface area contributed by atoms with E-state index in [1.54, 1.807) is 0 Å². The van der Waals surface area contributed by atoms with E-state index in [9.17, 15) is 0 Å². The molecular weight excluding hydrogens is 198 g/mol. The molecule has 1 aliphatic heterocycles. The third-order valence-electron chi connectivity index (χ3n) is 3.00. The Balaban J connectivity index is 2.69. The molecule has 2 heteroatoms. The smallest absolute Gasteiger partial charge is 0.0485 e. The first-order chi connectivity index (χ1) is 7.65. The molecule has 0 saturated carbocycles. The summed E-state index contributed by atoms with van der Waals surface area (Å²) in [6.45, 7) is 8.31. The van der Waals surface area contributed by atoms with Crippen molar-refractivity contribution in [3.8, 4) is 0 Å². The summed E-state index contributed by atoms with van der Waals surface area (Å²) in [5.41, 5.74) is 2.72. The van der Waals surface area contributed by atoms with E-state index < -0.39 is 0 Å². The predicted octanol–water partition coefficient (Wildman–Crippen LogP) is 3.36. The highest BCUT2D eigenvalue weighted by Gasteiger charge is 2.18. The van der Waals surface area contributed by atoms with E-state index in [2.05, 4.69) is 44.9 Å². The maximum atomic E-state index is 5.41. The van der Waals surface area contributed by atoms with Crippen LogP contribution in [0.2, 0.25) is 0 Å². The van der Waals surface area contributed by atoms with Gasteiger partial charge in [0.05, 0.1) is 0 Å². The second kappa shape index (κ2) is 6.74. The van der Waals surface area contributed by atoms with Crippen molar-refractivity contribution in [3.05, 3.63) is 23.4 Å². The lowest BCUT2D eigenvalue weighted by Gasteiger charge is -2.33. The van der Waals surface area contributed by atoms with Crippen LogP contribution in [-0.2, 0) is 4.74 Å². The van der Waals surface area contributed by atoms with Gasteiger partial charge in [-0.3, -0.25) is 0 Å². The number of hydrogen-bond donors (Lipinski definition) is 0. The molecule has 0 radical (unpaired) electrons. The maximum Gasteiger partial charge on any atom is 0.0485 e. The van der Waals surface area contributed by atoms with Crippen LogP contribution in [0.15, 0.2) is 23.4 Å². The van der Waals surface area contributed by atoms with Gasteiger partial charge in [0.1, 0.15) is 0 Å². The molecule has 0 amide bonds. The van der Waals surface area contributed by atoms with Crippen LogP contribution >= 0.6 is 0 Å². The minimum Gasteiger partial charge on any atom is -0.381 e. The van der Waals surface area contributed by atoms with Gasteiger partial charge in [-0.05, 0) is 39.2 Å². The molecule has 1 aliphatic rings. The van der Waals surface area contributed by atoms with Gasteiger partial charge >= 0.3 is 0 Å². The van der Waals surface area contributed by atoms with Gasteiger partial charge in [0.25, 0.3) is 0 Å². The van der Waals surface area contributed by atoms with Gasteiger partial charge in [0.2, 0.25) is 0 Å². The third-order valence-corrected chi connectivity index (χ3v) is 3.00. The molecule has 92 valence electrons. The predicted molar refractivity (Wildman–Crippen MR) is 69.4 cm³/mol. The molecule has 1 heterocycles. The molecule has 0 spiro atoms. The van der Waals surface area contributed by atoms with Crippen molar-refractivity contribution in [1.82, 2.24) is 4.90 Å². The molecule has 16 heavy (non-hydrogen) atoms. The lowest BCUT2D eigenvalue weighted by Crippen LogP contribution is -2.35. The normalized spacial score (nSPS) is 18.4. The van der Waals surface area contributed by atoms with E-state index >= 15 is 0 Å². The molecule has 0 unspecified atom stereocenters. The molecule has 0 aromatic carbocycles. The minimum atomic E-state index is 0.641. The van der Waals surface area contributed by atoms with Crippen molar-refractivity contribution < 1.29 is 4.74 Å². The zero-order chi connectivity index (χ0) is 12.0. The van der Waals surface area contributed by atoms with E-state index in [1.807, 2.05) is 0 Å². The largest absolute Gasteiger partial charge is 0.381 e. The van der Waals surface area contributed by atoms with Crippen molar-refractivity contribution in [2.45, 2.75) is 46.1 Å². The minimum absolute atomic E-state index is 0.641. The van der Waals surface area contributed by atoms with Crippen molar-refractivity contribution in [2.75, 3.05) is 20.3 Å². The summed E-state index contributed by atoms with van der Waals surface area (Å²) in [5, 5.41) is 0. The fraction of sp³-hybridized carbons (Fsp3) is 0.714. The molecule has 0 bridgehead atoms. The molecule has 1 rings (SSSR count). The van der Waals surface area contributed by atoms with E-state index in [0.29, 0.717) is 6.04 Å². The van der Waals surface area contributed by atoms with Gasteiger partial charge in [-0.15, -0.1) is 0 Å². The number of likely N-dealkylation sites (N-methyl/N-ethyl adjacent to an activating group) is 1. The Morgan fingerprint density at radius 1 is 1.31 bits per heavy atom. The monoisotopic (exact) mass is 223 g/mol. The van der Waals surface area contributed by atoms with Crippen LogP contribution < -0.4 is 0 Å².